The summed E-state index contributed by atoms with van der Waals surface area (Å²) in [5, 5.41) is 6.80. The highest BCUT2D eigenvalue weighted by molar-refractivity contribution is 5.75. The third kappa shape index (κ3) is 5.68. The molecule has 0 saturated heterocycles. The molecule has 2 aromatic heterocycles. The van der Waals surface area contributed by atoms with Crippen LogP contribution in [0.5, 0.6) is 0 Å². The van der Waals surface area contributed by atoms with Gasteiger partial charge in [0.1, 0.15) is 17.0 Å². The fourth-order valence-corrected chi connectivity index (χ4v) is 6.06. The Morgan fingerprint density at radius 2 is 1.76 bits per heavy atom. The van der Waals surface area contributed by atoms with Crippen LogP contribution >= 0.6 is 0 Å². The molecular weight excluding hydrogens is 517 g/mol. The van der Waals surface area contributed by atoms with Gasteiger partial charge in [-0.15, -0.1) is 0 Å². The first-order valence-electron chi connectivity index (χ1n) is 14.6. The fraction of sp³-hybridized carbons (Fsp3) is 0.438. The van der Waals surface area contributed by atoms with Gasteiger partial charge in [-0.25, -0.2) is 14.4 Å². The Kier molecular flexibility index (Phi) is 7.46. The molecular formula is C32H38FN7O. The van der Waals surface area contributed by atoms with Crippen LogP contribution in [0.4, 0.5) is 16.0 Å². The number of benzene rings is 2. The lowest BCUT2D eigenvalue weighted by molar-refractivity contribution is 0.221. The van der Waals surface area contributed by atoms with Crippen LogP contribution in [0.1, 0.15) is 63.5 Å². The molecule has 0 aliphatic heterocycles. The Bertz CT molecular complexity index is 1600. The highest BCUT2D eigenvalue weighted by Crippen LogP contribution is 2.43. The SMILES string of the molecule is CC(C)n1c(=O)c(-c2ccc(N[C@@H]3C[C@H]3c3ccccc3)c(F)c2)nc2cnc(NC3CCC(N(C)C)CC3)nc21. The van der Waals surface area contributed by atoms with Crippen molar-refractivity contribution >= 4 is 22.8 Å². The lowest BCUT2D eigenvalue weighted by Gasteiger charge is -2.32. The predicted molar refractivity (Wildman–Crippen MR) is 162 cm³/mol. The summed E-state index contributed by atoms with van der Waals surface area (Å²) in [7, 11) is 4.26. The zero-order valence-corrected chi connectivity index (χ0v) is 24.1. The van der Waals surface area contributed by atoms with Crippen LogP contribution < -0.4 is 16.2 Å². The second-order valence-electron chi connectivity index (χ2n) is 11.9. The van der Waals surface area contributed by atoms with E-state index in [-0.39, 0.29) is 23.3 Å². The van der Waals surface area contributed by atoms with Crippen molar-refractivity contribution in [2.45, 2.75) is 76.0 Å². The standard InChI is InChI=1S/C32H38FN7O/c1-19(2)40-30-28(18-34-32(38-30)35-22-11-13-23(14-12-22)39(3)4)37-29(31(40)41)21-10-15-26(25(33)16-21)36-27-17-24(27)20-8-6-5-7-9-20/h5-10,15-16,18-19,22-24,27,36H,11-14,17H2,1-4H3,(H,34,35,38)/t22?,23?,24-,27+/m0/s1. The van der Waals surface area contributed by atoms with E-state index in [1.807, 2.05) is 32.0 Å². The van der Waals surface area contributed by atoms with E-state index in [1.165, 1.54) is 11.6 Å². The van der Waals surface area contributed by atoms with E-state index in [2.05, 4.69) is 51.7 Å². The molecule has 41 heavy (non-hydrogen) atoms. The van der Waals surface area contributed by atoms with Gasteiger partial charge in [-0.1, -0.05) is 36.4 Å². The number of hydrogen-bond acceptors (Lipinski definition) is 7. The predicted octanol–water partition coefficient (Wildman–Crippen LogP) is 5.83. The number of rotatable bonds is 8. The number of aromatic nitrogens is 4. The van der Waals surface area contributed by atoms with Gasteiger partial charge >= 0.3 is 0 Å². The van der Waals surface area contributed by atoms with Gasteiger partial charge < -0.3 is 15.5 Å². The van der Waals surface area contributed by atoms with Crippen molar-refractivity contribution in [1.29, 1.82) is 0 Å². The normalized spacial score (nSPS) is 22.3. The monoisotopic (exact) mass is 555 g/mol. The summed E-state index contributed by atoms with van der Waals surface area (Å²) < 4.78 is 16.9. The summed E-state index contributed by atoms with van der Waals surface area (Å²) in [6.45, 7) is 3.88. The molecule has 2 fully saturated rings. The van der Waals surface area contributed by atoms with Crippen LogP contribution in [-0.2, 0) is 0 Å². The molecule has 2 N–H and O–H groups in total. The smallest absolute Gasteiger partial charge is 0.278 e. The average Bonchev–Trinajstić information content (AvgIpc) is 3.73. The number of fused-ring (bicyclic) bond motifs is 1. The van der Waals surface area contributed by atoms with Gasteiger partial charge in [0.05, 0.1) is 11.9 Å². The lowest BCUT2D eigenvalue weighted by atomic mass is 9.91. The first-order chi connectivity index (χ1) is 19.8. The van der Waals surface area contributed by atoms with Crippen molar-refractivity contribution < 1.29 is 4.39 Å². The molecule has 4 aromatic rings. The van der Waals surface area contributed by atoms with Gasteiger partial charge in [0.15, 0.2) is 5.65 Å². The van der Waals surface area contributed by atoms with Crippen molar-refractivity contribution in [3.63, 3.8) is 0 Å². The largest absolute Gasteiger partial charge is 0.379 e. The van der Waals surface area contributed by atoms with Crippen LogP contribution in [0.3, 0.4) is 0 Å². The van der Waals surface area contributed by atoms with Crippen LogP contribution in [-0.4, -0.2) is 56.6 Å². The quantitative estimate of drug-likeness (QED) is 0.283. The van der Waals surface area contributed by atoms with Gasteiger partial charge in [0.2, 0.25) is 5.95 Å². The van der Waals surface area contributed by atoms with E-state index in [0.29, 0.717) is 46.4 Å². The maximum Gasteiger partial charge on any atom is 0.278 e. The topological polar surface area (TPSA) is 88.0 Å². The fourth-order valence-electron chi connectivity index (χ4n) is 6.06. The van der Waals surface area contributed by atoms with Gasteiger partial charge in [0, 0.05) is 35.6 Å². The van der Waals surface area contributed by atoms with Crippen molar-refractivity contribution in [2.75, 3.05) is 24.7 Å². The highest BCUT2D eigenvalue weighted by Gasteiger charge is 2.38. The lowest BCUT2D eigenvalue weighted by Crippen LogP contribution is -2.36. The van der Waals surface area contributed by atoms with E-state index >= 15 is 4.39 Å². The number of anilines is 2. The molecule has 2 saturated carbocycles. The molecule has 214 valence electrons. The molecule has 0 bridgehead atoms. The Morgan fingerprint density at radius 1 is 1.00 bits per heavy atom. The minimum atomic E-state index is -0.404. The third-order valence-electron chi connectivity index (χ3n) is 8.51. The van der Waals surface area contributed by atoms with Crippen molar-refractivity contribution in [3.05, 3.63) is 76.5 Å². The minimum absolute atomic E-state index is 0.166. The van der Waals surface area contributed by atoms with E-state index in [9.17, 15) is 4.79 Å². The summed E-state index contributed by atoms with van der Waals surface area (Å²) in [6, 6.07) is 16.0. The Hall–Kier alpha value is -3.85. The van der Waals surface area contributed by atoms with Gasteiger partial charge in [-0.3, -0.25) is 9.36 Å². The summed E-state index contributed by atoms with van der Waals surface area (Å²) in [6.07, 6.45) is 6.95. The Morgan fingerprint density at radius 3 is 2.44 bits per heavy atom. The molecule has 2 aliphatic rings. The Labute approximate surface area is 240 Å². The van der Waals surface area contributed by atoms with E-state index in [0.717, 1.165) is 32.1 Å². The first kappa shape index (κ1) is 27.3. The Balaban J connectivity index is 1.24. The van der Waals surface area contributed by atoms with E-state index in [4.69, 9.17) is 4.98 Å². The molecule has 2 heterocycles. The summed E-state index contributed by atoms with van der Waals surface area (Å²) in [4.78, 5) is 29.9. The second kappa shape index (κ2) is 11.2. The summed E-state index contributed by atoms with van der Waals surface area (Å²) in [5.74, 6) is 0.478. The summed E-state index contributed by atoms with van der Waals surface area (Å²) >= 11 is 0. The molecule has 0 spiro atoms. The molecule has 2 atom stereocenters. The third-order valence-corrected chi connectivity index (χ3v) is 8.51. The maximum absolute atomic E-state index is 15.3. The second-order valence-corrected chi connectivity index (χ2v) is 11.9. The number of nitrogens with zero attached hydrogens (tertiary/aromatic N) is 5. The summed E-state index contributed by atoms with van der Waals surface area (Å²) in [5.41, 5.74) is 3.00. The zero-order chi connectivity index (χ0) is 28.7. The molecule has 6 rings (SSSR count). The molecule has 2 aromatic carbocycles. The van der Waals surface area contributed by atoms with Crippen molar-refractivity contribution in [3.8, 4) is 11.3 Å². The number of nitrogens with one attached hydrogen (secondary N) is 2. The average molecular weight is 556 g/mol. The maximum atomic E-state index is 15.3. The molecule has 0 unspecified atom stereocenters. The zero-order valence-electron chi connectivity index (χ0n) is 24.1. The van der Waals surface area contributed by atoms with Crippen LogP contribution in [0.15, 0.2) is 59.5 Å². The van der Waals surface area contributed by atoms with Crippen LogP contribution in [0.2, 0.25) is 0 Å². The van der Waals surface area contributed by atoms with Crippen LogP contribution in [0.25, 0.3) is 22.4 Å². The molecule has 9 heteroatoms. The van der Waals surface area contributed by atoms with Gasteiger partial charge in [-0.05, 0) is 77.7 Å². The molecule has 0 amide bonds. The van der Waals surface area contributed by atoms with E-state index in [1.54, 1.807) is 22.9 Å². The molecule has 0 radical (unpaired) electrons. The first-order valence-corrected chi connectivity index (χ1v) is 14.6. The minimum Gasteiger partial charge on any atom is -0.379 e. The van der Waals surface area contributed by atoms with Crippen molar-refractivity contribution in [1.82, 2.24) is 24.4 Å². The number of hydrogen-bond donors (Lipinski definition) is 2. The van der Waals surface area contributed by atoms with Gasteiger partial charge in [-0.2, -0.15) is 4.98 Å². The molecule has 2 aliphatic carbocycles. The van der Waals surface area contributed by atoms with Gasteiger partial charge in [0.25, 0.3) is 5.56 Å². The van der Waals surface area contributed by atoms with E-state index < -0.39 is 5.82 Å². The van der Waals surface area contributed by atoms with Crippen molar-refractivity contribution in [2.24, 2.45) is 0 Å². The highest BCUT2D eigenvalue weighted by atomic mass is 19.1. The van der Waals surface area contributed by atoms with Crippen LogP contribution in [0, 0.1) is 5.82 Å². The molecule has 8 nitrogen and oxygen atoms in total. The number of halogens is 1.